The van der Waals surface area contributed by atoms with Gasteiger partial charge in [0.2, 0.25) is 0 Å². The number of ether oxygens (including phenoxy) is 1. The van der Waals surface area contributed by atoms with E-state index in [9.17, 15) is 9.59 Å². The van der Waals surface area contributed by atoms with Gasteiger partial charge in [-0.05, 0) is 62.4 Å². The number of anilines is 3. The number of methoxy groups -OCH3 is 1. The Morgan fingerprint density at radius 2 is 1.67 bits per heavy atom. The number of thiazole rings is 1. The third-order valence-corrected chi connectivity index (χ3v) is 9.23. The van der Waals surface area contributed by atoms with Gasteiger partial charge in [-0.1, -0.05) is 48.2 Å². The SMILES string of the molecule is CCN1/C(=C\C=c2/s/c(=C3/C(=O)N(c4ccccc4)N=C3Nc3ccccc3)n(CC)c2=O)Sc2ccc(OC)cc21. The monoisotopic (exact) mass is 595 g/mol. The highest BCUT2D eigenvalue weighted by atomic mass is 32.2. The average Bonchev–Trinajstić information content (AvgIpc) is 3.65. The molecule has 0 atom stereocenters. The Balaban J connectivity index is 1.47. The molecule has 2 aliphatic rings. The van der Waals surface area contributed by atoms with Crippen LogP contribution in [0.2, 0.25) is 0 Å². The molecule has 42 heavy (non-hydrogen) atoms. The van der Waals surface area contributed by atoms with E-state index in [1.807, 2.05) is 91.9 Å². The van der Waals surface area contributed by atoms with Crippen LogP contribution in [0.15, 0.2) is 105 Å². The van der Waals surface area contributed by atoms with Crippen LogP contribution < -0.4 is 34.7 Å². The second-order valence-corrected chi connectivity index (χ2v) is 11.5. The standard InChI is InChI=1S/C32H29N5O3S2/c1-4-35-24-20-23(40-3)16-17-25(24)41-27(35)19-18-26-30(38)36(5-2)32(42-26)28-29(33-21-12-8-6-9-13-21)34-37(31(28)39)22-14-10-7-11-15-22/h6-20H,4-5H2,1-3H3,(H,33,34)/b26-18-,27-19+,32-28+. The summed E-state index contributed by atoms with van der Waals surface area (Å²) >= 11 is 2.96. The lowest BCUT2D eigenvalue weighted by Gasteiger charge is -2.18. The van der Waals surface area contributed by atoms with Crippen molar-refractivity contribution in [3.63, 3.8) is 0 Å². The van der Waals surface area contributed by atoms with Gasteiger partial charge in [0, 0.05) is 29.7 Å². The molecule has 0 fully saturated rings. The van der Waals surface area contributed by atoms with Crippen molar-refractivity contribution in [3.8, 4) is 5.75 Å². The summed E-state index contributed by atoms with van der Waals surface area (Å²) in [6, 6.07) is 24.9. The summed E-state index contributed by atoms with van der Waals surface area (Å²) in [7, 11) is 1.66. The summed E-state index contributed by atoms with van der Waals surface area (Å²) in [5.41, 5.74) is 2.75. The molecule has 10 heteroatoms. The Morgan fingerprint density at radius 1 is 0.929 bits per heavy atom. The number of hydrazone groups is 1. The number of hydrogen-bond donors (Lipinski definition) is 1. The molecule has 0 radical (unpaired) electrons. The Morgan fingerprint density at radius 3 is 2.36 bits per heavy atom. The second-order valence-electron chi connectivity index (χ2n) is 9.44. The van der Waals surface area contributed by atoms with Crippen LogP contribution in [0.1, 0.15) is 13.8 Å². The Kier molecular flexibility index (Phi) is 7.73. The highest BCUT2D eigenvalue weighted by molar-refractivity contribution is 8.03. The van der Waals surface area contributed by atoms with Crippen LogP contribution in [0.5, 0.6) is 5.75 Å². The normalized spacial score (nSPS) is 17.2. The lowest BCUT2D eigenvalue weighted by atomic mass is 10.2. The first kappa shape index (κ1) is 27.6. The summed E-state index contributed by atoms with van der Waals surface area (Å²) in [6.07, 6.45) is 3.83. The van der Waals surface area contributed by atoms with Gasteiger partial charge in [0.25, 0.3) is 11.5 Å². The number of nitrogens with one attached hydrogen (secondary N) is 1. The molecule has 4 aromatic rings. The van der Waals surface area contributed by atoms with E-state index in [1.54, 1.807) is 23.4 Å². The number of carbonyl (C=O) groups excluding carboxylic acids is 1. The van der Waals surface area contributed by atoms with Gasteiger partial charge in [-0.15, -0.1) is 16.4 Å². The van der Waals surface area contributed by atoms with E-state index in [4.69, 9.17) is 4.74 Å². The molecule has 3 aromatic carbocycles. The molecule has 0 unspecified atom stereocenters. The summed E-state index contributed by atoms with van der Waals surface area (Å²) in [5, 5.41) is 10.4. The minimum atomic E-state index is -0.291. The van der Waals surface area contributed by atoms with E-state index < -0.39 is 0 Å². The van der Waals surface area contributed by atoms with E-state index in [1.165, 1.54) is 16.3 Å². The van der Waals surface area contributed by atoms with Gasteiger partial charge >= 0.3 is 0 Å². The average molecular weight is 596 g/mol. The van der Waals surface area contributed by atoms with E-state index >= 15 is 0 Å². The molecule has 3 heterocycles. The Labute approximate surface area is 251 Å². The third-order valence-electron chi connectivity index (χ3n) is 6.95. The number of carbonyl (C=O) groups is 1. The quantitative estimate of drug-likeness (QED) is 0.345. The fourth-order valence-corrected chi connectivity index (χ4v) is 7.16. The van der Waals surface area contributed by atoms with Crippen LogP contribution in [-0.4, -0.2) is 30.0 Å². The molecule has 0 aliphatic carbocycles. The van der Waals surface area contributed by atoms with Crippen molar-refractivity contribution in [1.82, 2.24) is 4.57 Å². The number of benzene rings is 3. The molecule has 8 nitrogen and oxygen atoms in total. The first-order valence-electron chi connectivity index (χ1n) is 13.6. The topological polar surface area (TPSA) is 79.2 Å². The number of amidine groups is 1. The molecular formula is C32H29N5O3S2. The molecule has 2 aliphatic heterocycles. The molecule has 0 bridgehead atoms. The summed E-state index contributed by atoms with van der Waals surface area (Å²) in [6.45, 7) is 5.19. The van der Waals surface area contributed by atoms with Gasteiger partial charge < -0.3 is 15.0 Å². The minimum absolute atomic E-state index is 0.142. The van der Waals surface area contributed by atoms with E-state index in [0.717, 1.165) is 33.6 Å². The van der Waals surface area contributed by atoms with Crippen molar-refractivity contribution < 1.29 is 9.53 Å². The lowest BCUT2D eigenvalue weighted by molar-refractivity contribution is -0.112. The van der Waals surface area contributed by atoms with E-state index in [2.05, 4.69) is 28.3 Å². The maximum atomic E-state index is 13.9. The number of nitrogens with zero attached hydrogens (tertiary/aromatic N) is 4. The van der Waals surface area contributed by atoms with Gasteiger partial charge in [0.15, 0.2) is 5.84 Å². The predicted molar refractivity (Wildman–Crippen MR) is 173 cm³/mol. The van der Waals surface area contributed by atoms with Crippen molar-refractivity contribution in [1.29, 1.82) is 0 Å². The van der Waals surface area contributed by atoms with Crippen molar-refractivity contribution in [3.05, 3.63) is 110 Å². The number of thioether (sulfide) groups is 1. The van der Waals surface area contributed by atoms with Crippen LogP contribution in [0, 0.1) is 0 Å². The molecule has 1 N–H and O–H groups in total. The molecule has 0 saturated carbocycles. The zero-order valence-electron chi connectivity index (χ0n) is 23.4. The highest BCUT2D eigenvalue weighted by Crippen LogP contribution is 2.47. The molecule has 0 saturated heterocycles. The maximum absolute atomic E-state index is 13.9. The predicted octanol–water partition coefficient (Wildman–Crippen LogP) is 4.82. The number of fused-ring (bicyclic) bond motifs is 1. The first-order chi connectivity index (χ1) is 20.5. The van der Waals surface area contributed by atoms with Crippen LogP contribution in [0.25, 0.3) is 11.6 Å². The van der Waals surface area contributed by atoms with E-state index in [-0.39, 0.29) is 11.5 Å². The number of allylic oxidation sites excluding steroid dienone is 1. The minimum Gasteiger partial charge on any atom is -0.497 e. The maximum Gasteiger partial charge on any atom is 0.285 e. The van der Waals surface area contributed by atoms with Crippen molar-refractivity contribution in [2.24, 2.45) is 5.10 Å². The zero-order valence-corrected chi connectivity index (χ0v) is 25.0. The first-order valence-corrected chi connectivity index (χ1v) is 15.3. The van der Waals surface area contributed by atoms with Crippen LogP contribution >= 0.6 is 23.1 Å². The van der Waals surface area contributed by atoms with Crippen molar-refractivity contribution >= 4 is 63.6 Å². The van der Waals surface area contributed by atoms with Gasteiger partial charge in [0.05, 0.1) is 28.0 Å². The molecule has 0 spiro atoms. The largest absolute Gasteiger partial charge is 0.497 e. The second kappa shape index (κ2) is 11.8. The lowest BCUT2D eigenvalue weighted by Crippen LogP contribution is -2.34. The van der Waals surface area contributed by atoms with Gasteiger partial charge in [-0.3, -0.25) is 14.2 Å². The Bertz CT molecular complexity index is 1900. The highest BCUT2D eigenvalue weighted by Gasteiger charge is 2.34. The van der Waals surface area contributed by atoms with Crippen molar-refractivity contribution in [2.75, 3.05) is 28.9 Å². The number of para-hydroxylation sites is 2. The molecule has 1 aromatic heterocycles. The van der Waals surface area contributed by atoms with Crippen molar-refractivity contribution in [2.45, 2.75) is 25.3 Å². The fraction of sp³-hybridized carbons (Fsp3) is 0.156. The van der Waals surface area contributed by atoms with Gasteiger partial charge in [0.1, 0.15) is 16.0 Å². The smallest absolute Gasteiger partial charge is 0.285 e. The molecule has 6 rings (SSSR count). The molecular weight excluding hydrogens is 567 g/mol. The summed E-state index contributed by atoms with van der Waals surface area (Å²) in [5.74, 6) is 0.911. The van der Waals surface area contributed by atoms with Gasteiger partial charge in [-0.25, -0.2) is 0 Å². The number of amides is 1. The summed E-state index contributed by atoms with van der Waals surface area (Å²) in [4.78, 5) is 30.9. The zero-order chi connectivity index (χ0) is 29.2. The summed E-state index contributed by atoms with van der Waals surface area (Å²) < 4.78 is 8.19. The van der Waals surface area contributed by atoms with Crippen LogP contribution in [0.3, 0.4) is 0 Å². The third kappa shape index (κ3) is 5.03. The van der Waals surface area contributed by atoms with Crippen LogP contribution in [-0.2, 0) is 11.3 Å². The number of hydrogen-bond acceptors (Lipinski definition) is 8. The fourth-order valence-electron chi connectivity index (χ4n) is 4.90. The van der Waals surface area contributed by atoms with Crippen LogP contribution in [0.4, 0.5) is 17.1 Å². The number of aromatic nitrogens is 1. The number of rotatable bonds is 6. The Hall–Kier alpha value is -4.54. The van der Waals surface area contributed by atoms with E-state index in [0.29, 0.717) is 32.8 Å². The van der Waals surface area contributed by atoms with Gasteiger partial charge in [-0.2, -0.15) is 5.01 Å². The molecule has 1 amide bonds. The molecule has 212 valence electrons.